The standard InChI is InChI=1S/C27H24F3NO4/c1-26(2,3)23-11-18-16-7-8-35-24(16)17(14-5-4-6-15(9-14)27(28,29)30)10-19(18)21-12-22(32)20(25(33)34)13-31(21)23/h4-6,9-10,12-13,23H,7-8,11H2,1-3H3,(H,33,34)/t23-/m0/s1. The van der Waals surface area contributed by atoms with Crippen LogP contribution in [0.5, 0.6) is 5.75 Å². The number of aromatic nitrogens is 1. The van der Waals surface area contributed by atoms with Crippen molar-refractivity contribution in [2.45, 2.75) is 45.8 Å². The van der Waals surface area contributed by atoms with Crippen LogP contribution in [0.15, 0.2) is 47.4 Å². The Morgan fingerprint density at radius 2 is 1.83 bits per heavy atom. The minimum absolute atomic E-state index is 0.132. The summed E-state index contributed by atoms with van der Waals surface area (Å²) in [5.41, 5.74) is 2.17. The van der Waals surface area contributed by atoms with E-state index in [4.69, 9.17) is 4.74 Å². The maximum absolute atomic E-state index is 13.4. The summed E-state index contributed by atoms with van der Waals surface area (Å²) < 4.78 is 48.0. The molecular formula is C27H24F3NO4. The molecule has 0 radical (unpaired) electrons. The van der Waals surface area contributed by atoms with Crippen LogP contribution >= 0.6 is 0 Å². The van der Waals surface area contributed by atoms with Crippen LogP contribution in [0.2, 0.25) is 0 Å². The van der Waals surface area contributed by atoms with E-state index < -0.39 is 23.1 Å². The lowest BCUT2D eigenvalue weighted by Gasteiger charge is -2.39. The van der Waals surface area contributed by atoms with Gasteiger partial charge in [0, 0.05) is 41.4 Å². The number of carbonyl (C=O) groups is 1. The van der Waals surface area contributed by atoms with E-state index in [0.29, 0.717) is 42.0 Å². The molecule has 8 heteroatoms. The number of ether oxygens (including phenoxy) is 1. The lowest BCUT2D eigenvalue weighted by atomic mass is 9.76. The summed E-state index contributed by atoms with van der Waals surface area (Å²) in [6, 6.07) is 8.09. The molecule has 182 valence electrons. The van der Waals surface area contributed by atoms with Crippen LogP contribution in [0.4, 0.5) is 13.2 Å². The lowest BCUT2D eigenvalue weighted by molar-refractivity contribution is -0.137. The highest BCUT2D eigenvalue weighted by Gasteiger charge is 2.37. The van der Waals surface area contributed by atoms with E-state index in [1.165, 1.54) is 18.3 Å². The number of carboxylic acid groups (broad SMARTS) is 1. The van der Waals surface area contributed by atoms with Gasteiger partial charge in [-0.15, -0.1) is 0 Å². The van der Waals surface area contributed by atoms with E-state index in [2.05, 4.69) is 20.8 Å². The van der Waals surface area contributed by atoms with Crippen molar-refractivity contribution in [3.63, 3.8) is 0 Å². The van der Waals surface area contributed by atoms with Crippen molar-refractivity contribution in [3.8, 4) is 28.1 Å². The molecule has 2 aromatic carbocycles. The van der Waals surface area contributed by atoms with Crippen molar-refractivity contribution in [3.05, 3.63) is 75.1 Å². The summed E-state index contributed by atoms with van der Waals surface area (Å²) in [7, 11) is 0. The predicted molar refractivity (Wildman–Crippen MR) is 125 cm³/mol. The molecule has 5 rings (SSSR count). The minimum atomic E-state index is -4.48. The first kappa shape index (κ1) is 23.2. The van der Waals surface area contributed by atoms with Crippen molar-refractivity contribution in [1.29, 1.82) is 0 Å². The summed E-state index contributed by atoms with van der Waals surface area (Å²) in [5, 5.41) is 9.54. The average molecular weight is 483 g/mol. The molecule has 0 fully saturated rings. The SMILES string of the molecule is CC(C)(C)[C@@H]1Cc2c(cc(-c3cccc(C(F)(F)F)c3)c3c2CCO3)-c2cc(=O)c(C(=O)O)cn21. The smallest absolute Gasteiger partial charge is 0.416 e. The first-order valence-corrected chi connectivity index (χ1v) is 11.4. The number of aromatic carboxylic acids is 1. The number of nitrogens with zero attached hydrogens (tertiary/aromatic N) is 1. The van der Waals surface area contributed by atoms with Crippen molar-refractivity contribution >= 4 is 5.97 Å². The number of rotatable bonds is 2. The highest BCUT2D eigenvalue weighted by atomic mass is 19.4. The molecule has 0 spiro atoms. The first-order chi connectivity index (χ1) is 16.4. The topological polar surface area (TPSA) is 68.5 Å². The molecule has 0 saturated carbocycles. The zero-order chi connectivity index (χ0) is 25.3. The Morgan fingerprint density at radius 1 is 1.09 bits per heavy atom. The van der Waals surface area contributed by atoms with Crippen molar-refractivity contribution < 1.29 is 27.8 Å². The number of halogens is 3. The molecule has 0 amide bonds. The molecular weight excluding hydrogens is 459 g/mol. The molecule has 3 aromatic rings. The Labute approximate surface area is 199 Å². The van der Waals surface area contributed by atoms with Crippen LogP contribution in [-0.4, -0.2) is 22.2 Å². The third-order valence-corrected chi connectivity index (χ3v) is 6.92. The second-order valence-electron chi connectivity index (χ2n) is 10.2. The van der Waals surface area contributed by atoms with Gasteiger partial charge in [-0.25, -0.2) is 4.79 Å². The van der Waals surface area contributed by atoms with E-state index in [9.17, 15) is 27.9 Å². The summed E-state index contributed by atoms with van der Waals surface area (Å²) in [6.07, 6.45) is -1.89. The number of fused-ring (bicyclic) bond motifs is 5. The van der Waals surface area contributed by atoms with Gasteiger partial charge in [0.1, 0.15) is 11.3 Å². The maximum Gasteiger partial charge on any atom is 0.416 e. The Hall–Kier alpha value is -3.55. The number of hydrogen-bond acceptors (Lipinski definition) is 3. The van der Waals surface area contributed by atoms with Gasteiger partial charge in [-0.05, 0) is 41.2 Å². The Kier molecular flexibility index (Phi) is 5.12. The largest absolute Gasteiger partial charge is 0.492 e. The Morgan fingerprint density at radius 3 is 2.49 bits per heavy atom. The molecule has 0 unspecified atom stereocenters. The van der Waals surface area contributed by atoms with Gasteiger partial charge in [-0.3, -0.25) is 4.79 Å². The second-order valence-corrected chi connectivity index (χ2v) is 10.2. The molecule has 35 heavy (non-hydrogen) atoms. The van der Waals surface area contributed by atoms with Crippen molar-refractivity contribution in [2.75, 3.05) is 6.61 Å². The molecule has 0 saturated heterocycles. The summed E-state index contributed by atoms with van der Waals surface area (Å²) in [4.78, 5) is 24.4. The van der Waals surface area contributed by atoms with Crippen LogP contribution in [0.1, 0.15) is 53.9 Å². The van der Waals surface area contributed by atoms with Crippen molar-refractivity contribution in [2.24, 2.45) is 5.41 Å². The number of carboxylic acids is 1. The Bertz CT molecular complexity index is 1430. The highest BCUT2D eigenvalue weighted by molar-refractivity contribution is 5.88. The molecule has 0 bridgehead atoms. The van der Waals surface area contributed by atoms with Crippen LogP contribution in [-0.2, 0) is 19.0 Å². The summed E-state index contributed by atoms with van der Waals surface area (Å²) in [6.45, 7) is 6.58. The van der Waals surface area contributed by atoms with Crippen LogP contribution in [0, 0.1) is 5.41 Å². The van der Waals surface area contributed by atoms with Gasteiger partial charge in [-0.1, -0.05) is 32.9 Å². The lowest BCUT2D eigenvalue weighted by Crippen LogP contribution is -2.33. The van der Waals surface area contributed by atoms with Crippen LogP contribution in [0.25, 0.3) is 22.4 Å². The molecule has 0 aliphatic carbocycles. The quantitative estimate of drug-likeness (QED) is 0.487. The minimum Gasteiger partial charge on any atom is -0.492 e. The fraction of sp³-hybridized carbons (Fsp3) is 0.333. The van der Waals surface area contributed by atoms with Gasteiger partial charge in [0.2, 0.25) is 0 Å². The van der Waals surface area contributed by atoms with E-state index in [1.807, 2.05) is 4.57 Å². The molecule has 2 aliphatic rings. The molecule has 3 heterocycles. The zero-order valence-electron chi connectivity index (χ0n) is 19.5. The zero-order valence-corrected chi connectivity index (χ0v) is 19.5. The Balaban J connectivity index is 1.80. The van der Waals surface area contributed by atoms with Gasteiger partial charge in [0.05, 0.1) is 17.9 Å². The van der Waals surface area contributed by atoms with Gasteiger partial charge in [0.25, 0.3) is 0 Å². The summed E-state index contributed by atoms with van der Waals surface area (Å²) in [5.74, 6) is -0.718. The monoisotopic (exact) mass is 483 g/mol. The molecule has 2 aliphatic heterocycles. The number of hydrogen-bond donors (Lipinski definition) is 1. The highest BCUT2D eigenvalue weighted by Crippen LogP contribution is 2.50. The van der Waals surface area contributed by atoms with Gasteiger partial charge >= 0.3 is 12.1 Å². The van der Waals surface area contributed by atoms with Gasteiger partial charge in [-0.2, -0.15) is 13.2 Å². The van der Waals surface area contributed by atoms with Crippen LogP contribution < -0.4 is 10.2 Å². The molecule has 5 nitrogen and oxygen atoms in total. The fourth-order valence-corrected chi connectivity index (χ4v) is 5.18. The molecule has 1 N–H and O–H groups in total. The van der Waals surface area contributed by atoms with Crippen LogP contribution in [0.3, 0.4) is 0 Å². The molecule has 1 atom stereocenters. The maximum atomic E-state index is 13.4. The van der Waals surface area contributed by atoms with Crippen molar-refractivity contribution in [1.82, 2.24) is 4.57 Å². The van der Waals surface area contributed by atoms with E-state index in [-0.39, 0.29) is 17.0 Å². The van der Waals surface area contributed by atoms with E-state index >= 15 is 0 Å². The normalized spacial score (nSPS) is 16.8. The third-order valence-electron chi connectivity index (χ3n) is 6.92. The fourth-order valence-electron chi connectivity index (χ4n) is 5.18. The number of pyridine rings is 1. The van der Waals surface area contributed by atoms with E-state index in [0.717, 1.165) is 28.8 Å². The van der Waals surface area contributed by atoms with Gasteiger partial charge < -0.3 is 14.4 Å². The third kappa shape index (κ3) is 3.81. The summed E-state index contributed by atoms with van der Waals surface area (Å²) >= 11 is 0. The molecule has 1 aromatic heterocycles. The number of benzene rings is 2. The van der Waals surface area contributed by atoms with Gasteiger partial charge in [0.15, 0.2) is 5.43 Å². The predicted octanol–water partition coefficient (Wildman–Crippen LogP) is 5.98. The first-order valence-electron chi connectivity index (χ1n) is 11.4. The second kappa shape index (κ2) is 7.73. The van der Waals surface area contributed by atoms with E-state index in [1.54, 1.807) is 12.1 Å². The average Bonchev–Trinajstić information content (AvgIpc) is 3.26. The number of alkyl halides is 3.